The van der Waals surface area contributed by atoms with Crippen molar-refractivity contribution in [2.24, 2.45) is 0 Å². The maximum Gasteiger partial charge on any atom is 0.0991 e. The molecule has 0 bridgehead atoms. The molecule has 0 N–H and O–H groups in total. The van der Waals surface area contributed by atoms with Gasteiger partial charge < -0.3 is 0 Å². The first-order valence-corrected chi connectivity index (χ1v) is 10.1. The summed E-state index contributed by atoms with van der Waals surface area (Å²) in [6.45, 7) is 13.2. The van der Waals surface area contributed by atoms with Crippen LogP contribution in [0.5, 0.6) is 0 Å². The van der Waals surface area contributed by atoms with Gasteiger partial charge >= 0.3 is 0 Å². The molecule has 0 saturated carbocycles. The summed E-state index contributed by atoms with van der Waals surface area (Å²) in [5.41, 5.74) is 1.97. The van der Waals surface area contributed by atoms with E-state index in [-0.39, 0.29) is 55.0 Å². The van der Waals surface area contributed by atoms with Crippen LogP contribution in [-0.2, 0) is 37.5 Å². The fourth-order valence-corrected chi connectivity index (χ4v) is 3.69. The normalized spacial score (nSPS) is 18.2. The Labute approximate surface area is 213 Å². The summed E-state index contributed by atoms with van der Waals surface area (Å²) in [4.78, 5) is 8.44. The number of nitriles is 1. The van der Waals surface area contributed by atoms with Gasteiger partial charge in [-0.05, 0) is 69.7 Å². The van der Waals surface area contributed by atoms with Crippen molar-refractivity contribution in [2.75, 3.05) is 26.2 Å². The van der Waals surface area contributed by atoms with Gasteiger partial charge in [-0.2, -0.15) is 10.3 Å². The Balaban J connectivity index is -0.000000444. The first-order chi connectivity index (χ1) is 12.5. The largest absolute Gasteiger partial charge is 0.297 e. The second kappa shape index (κ2) is 18.3. The SMILES string of the molecule is C.C.C.CC(C)N1CCCC1CON1CCCC1.CC(C)c1cccc(C#N)c1.[Y]. The summed E-state index contributed by atoms with van der Waals surface area (Å²) >= 11 is 0. The van der Waals surface area contributed by atoms with E-state index in [1.54, 1.807) is 0 Å². The number of hydrogen-bond donors (Lipinski definition) is 0. The molecule has 1 aromatic rings. The Morgan fingerprint density at radius 2 is 1.67 bits per heavy atom. The van der Waals surface area contributed by atoms with Crippen LogP contribution in [0.2, 0.25) is 0 Å². The average Bonchev–Trinajstić information content (AvgIpc) is 3.32. The third-order valence-electron chi connectivity index (χ3n) is 5.28. The zero-order valence-corrected chi connectivity index (χ0v) is 20.4. The average molecular weight is 495 g/mol. The van der Waals surface area contributed by atoms with Gasteiger partial charge in [0.05, 0.1) is 18.2 Å². The number of rotatable bonds is 5. The second-order valence-corrected chi connectivity index (χ2v) is 7.95. The van der Waals surface area contributed by atoms with Crippen molar-refractivity contribution >= 4 is 0 Å². The molecule has 1 aromatic carbocycles. The number of benzene rings is 1. The number of likely N-dealkylation sites (tertiary alicyclic amines) is 1. The molecule has 30 heavy (non-hydrogen) atoms. The summed E-state index contributed by atoms with van der Waals surface area (Å²) in [6, 6.07) is 11.2. The smallest absolute Gasteiger partial charge is 0.0991 e. The molecule has 0 spiro atoms. The first kappa shape index (κ1) is 34.3. The molecule has 3 rings (SSSR count). The molecule has 2 fully saturated rings. The Bertz CT molecular complexity index is 580. The van der Waals surface area contributed by atoms with Crippen molar-refractivity contribution in [1.82, 2.24) is 9.96 Å². The van der Waals surface area contributed by atoms with Gasteiger partial charge in [-0.25, -0.2) is 0 Å². The van der Waals surface area contributed by atoms with Gasteiger partial charge in [0.15, 0.2) is 0 Å². The standard InChI is InChI=1S/C12H24N2O.C10H11N.3CH4.Y/c1-11(2)14-9-5-6-12(14)10-15-13-7-3-4-8-13;1-8(2)10-5-3-4-9(6-10)7-11;;;;/h11-12H,3-10H2,1-2H3;3-6,8H,1-2H3;3*1H4;. The molecule has 0 amide bonds. The van der Waals surface area contributed by atoms with Crippen molar-refractivity contribution in [3.8, 4) is 6.07 Å². The molecule has 1 radical (unpaired) electrons. The fraction of sp³-hybridized carbons (Fsp3) is 0.720. The molecule has 2 aliphatic heterocycles. The van der Waals surface area contributed by atoms with E-state index in [1.807, 2.05) is 24.3 Å². The van der Waals surface area contributed by atoms with Crippen LogP contribution in [0.15, 0.2) is 24.3 Å². The molecule has 1 atom stereocenters. The molecule has 2 saturated heterocycles. The number of nitrogens with zero attached hydrogens (tertiary/aromatic N) is 3. The van der Waals surface area contributed by atoms with Crippen molar-refractivity contribution in [3.05, 3.63) is 35.4 Å². The maximum absolute atomic E-state index is 8.59. The molecule has 1 unspecified atom stereocenters. The van der Waals surface area contributed by atoms with E-state index in [2.05, 4.69) is 43.7 Å². The van der Waals surface area contributed by atoms with Gasteiger partial charge in [0, 0.05) is 57.9 Å². The van der Waals surface area contributed by atoms with Gasteiger partial charge in [-0.1, -0.05) is 48.3 Å². The van der Waals surface area contributed by atoms with E-state index in [0.717, 1.165) is 25.3 Å². The summed E-state index contributed by atoms with van der Waals surface area (Å²) in [6.07, 6.45) is 5.26. The quantitative estimate of drug-likeness (QED) is 0.470. The van der Waals surface area contributed by atoms with Crippen LogP contribution in [0.25, 0.3) is 0 Å². The summed E-state index contributed by atoms with van der Waals surface area (Å²) in [5, 5.41) is 10.7. The van der Waals surface area contributed by atoms with Crippen molar-refractivity contribution in [2.45, 2.75) is 93.7 Å². The van der Waals surface area contributed by atoms with Crippen LogP contribution < -0.4 is 0 Å². The summed E-state index contributed by atoms with van der Waals surface area (Å²) < 4.78 is 0. The monoisotopic (exact) mass is 494 g/mol. The molecule has 171 valence electrons. The van der Waals surface area contributed by atoms with E-state index < -0.39 is 0 Å². The number of hydrogen-bond acceptors (Lipinski definition) is 4. The van der Waals surface area contributed by atoms with Crippen LogP contribution >= 0.6 is 0 Å². The van der Waals surface area contributed by atoms with Crippen molar-refractivity contribution < 1.29 is 37.5 Å². The predicted octanol–water partition coefficient (Wildman–Crippen LogP) is 6.47. The minimum Gasteiger partial charge on any atom is -0.297 e. The molecular formula is C25H47N3OY. The van der Waals surface area contributed by atoms with Crippen LogP contribution in [0.1, 0.15) is 92.7 Å². The molecule has 2 heterocycles. The fourth-order valence-electron chi connectivity index (χ4n) is 3.69. The molecule has 4 nitrogen and oxygen atoms in total. The maximum atomic E-state index is 8.59. The Hall–Kier alpha value is -0.306. The third-order valence-corrected chi connectivity index (χ3v) is 5.28. The van der Waals surface area contributed by atoms with E-state index in [4.69, 9.17) is 10.1 Å². The van der Waals surface area contributed by atoms with E-state index in [1.165, 1.54) is 37.8 Å². The predicted molar refractivity (Wildman–Crippen MR) is 127 cm³/mol. The van der Waals surface area contributed by atoms with Crippen LogP contribution in [0.3, 0.4) is 0 Å². The van der Waals surface area contributed by atoms with Gasteiger partial charge in [0.25, 0.3) is 0 Å². The Kier molecular flexibility index (Phi) is 20.9. The zero-order valence-electron chi connectivity index (χ0n) is 17.5. The third kappa shape index (κ3) is 11.4. The minimum atomic E-state index is 0. The number of hydroxylamine groups is 2. The van der Waals surface area contributed by atoms with Gasteiger partial charge in [0.2, 0.25) is 0 Å². The Morgan fingerprint density at radius 1 is 1.03 bits per heavy atom. The van der Waals surface area contributed by atoms with Crippen LogP contribution in [-0.4, -0.2) is 48.3 Å². The first-order valence-electron chi connectivity index (χ1n) is 10.1. The molecular weight excluding hydrogens is 447 g/mol. The van der Waals surface area contributed by atoms with Gasteiger partial charge in [-0.3, -0.25) is 9.74 Å². The van der Waals surface area contributed by atoms with E-state index >= 15 is 0 Å². The van der Waals surface area contributed by atoms with E-state index in [0.29, 0.717) is 18.0 Å². The van der Waals surface area contributed by atoms with Crippen molar-refractivity contribution in [3.63, 3.8) is 0 Å². The van der Waals surface area contributed by atoms with Crippen LogP contribution in [0.4, 0.5) is 0 Å². The van der Waals surface area contributed by atoms with Crippen molar-refractivity contribution in [1.29, 1.82) is 5.26 Å². The summed E-state index contributed by atoms with van der Waals surface area (Å²) in [7, 11) is 0. The molecule has 2 aliphatic rings. The Morgan fingerprint density at radius 3 is 2.20 bits per heavy atom. The molecule has 0 aromatic heterocycles. The van der Waals surface area contributed by atoms with E-state index in [9.17, 15) is 0 Å². The molecule has 5 heteroatoms. The van der Waals surface area contributed by atoms with Gasteiger partial charge in [-0.15, -0.1) is 0 Å². The topological polar surface area (TPSA) is 39.5 Å². The second-order valence-electron chi connectivity index (χ2n) is 7.95. The molecule has 0 aliphatic carbocycles. The summed E-state index contributed by atoms with van der Waals surface area (Å²) in [5.74, 6) is 0.503. The zero-order chi connectivity index (χ0) is 18.9. The minimum absolute atomic E-state index is 0. The van der Waals surface area contributed by atoms with Gasteiger partial charge in [0.1, 0.15) is 0 Å². The van der Waals surface area contributed by atoms with Crippen LogP contribution in [0, 0.1) is 11.3 Å².